The molecule has 2 aromatic rings. The molecular weight excluding hydrogens is 333 g/mol. The molecule has 0 bridgehead atoms. The van der Waals surface area contributed by atoms with E-state index >= 15 is 0 Å². The highest BCUT2D eigenvalue weighted by Crippen LogP contribution is 2.29. The van der Waals surface area contributed by atoms with Gasteiger partial charge in [0, 0.05) is 18.5 Å². The number of halogens is 1. The van der Waals surface area contributed by atoms with E-state index in [2.05, 4.69) is 32.7 Å². The van der Waals surface area contributed by atoms with Crippen LogP contribution in [0.3, 0.4) is 0 Å². The minimum atomic E-state index is 0.559. The van der Waals surface area contributed by atoms with E-state index in [9.17, 15) is 0 Å². The molecule has 0 amide bonds. The Balaban J connectivity index is 2.32. The van der Waals surface area contributed by atoms with E-state index in [0.717, 1.165) is 9.26 Å². The third-order valence-electron chi connectivity index (χ3n) is 2.28. The molecule has 0 aromatic carbocycles. The van der Waals surface area contributed by atoms with Crippen LogP contribution >= 0.6 is 22.6 Å². The predicted octanol–water partition coefficient (Wildman–Crippen LogP) is 1.95. The van der Waals surface area contributed by atoms with Crippen LogP contribution in [0.4, 0.5) is 0 Å². The van der Waals surface area contributed by atoms with Crippen LogP contribution in [0.5, 0.6) is 11.5 Å². The number of aromatic nitrogens is 3. The normalized spacial score (nSPS) is 10.3. The summed E-state index contributed by atoms with van der Waals surface area (Å²) in [5, 5.41) is 4.21. The van der Waals surface area contributed by atoms with Gasteiger partial charge in [0.2, 0.25) is 0 Å². The second-order valence-corrected chi connectivity index (χ2v) is 4.59. The zero-order valence-corrected chi connectivity index (χ0v) is 11.7. The summed E-state index contributed by atoms with van der Waals surface area (Å²) >= 11 is 2.22. The van der Waals surface area contributed by atoms with Crippen LogP contribution in [0.2, 0.25) is 0 Å². The van der Waals surface area contributed by atoms with E-state index in [1.807, 2.05) is 10.9 Å². The number of hydrogen-bond acceptors (Lipinski definition) is 4. The summed E-state index contributed by atoms with van der Waals surface area (Å²) in [5.74, 6) is 1.33. The van der Waals surface area contributed by atoms with Crippen molar-refractivity contribution in [2.24, 2.45) is 0 Å². The maximum Gasteiger partial charge on any atom is 0.184 e. The molecule has 0 aliphatic heterocycles. The van der Waals surface area contributed by atoms with Crippen LogP contribution in [0, 0.1) is 3.57 Å². The zero-order valence-electron chi connectivity index (χ0n) is 9.55. The molecule has 5 nitrogen and oxygen atoms in total. The Kier molecular flexibility index (Phi) is 3.82. The van der Waals surface area contributed by atoms with Gasteiger partial charge in [-0.25, -0.2) is 0 Å². The van der Waals surface area contributed by atoms with Crippen molar-refractivity contribution in [2.45, 2.75) is 6.54 Å². The van der Waals surface area contributed by atoms with Crippen molar-refractivity contribution in [3.63, 3.8) is 0 Å². The van der Waals surface area contributed by atoms with Crippen LogP contribution < -0.4 is 9.47 Å². The van der Waals surface area contributed by atoms with E-state index in [1.54, 1.807) is 32.7 Å². The molecular formula is C11H12IN3O2. The predicted molar refractivity (Wildman–Crippen MR) is 71.4 cm³/mol. The summed E-state index contributed by atoms with van der Waals surface area (Å²) in [5.41, 5.74) is 0.798. The fourth-order valence-electron chi connectivity index (χ4n) is 1.54. The smallest absolute Gasteiger partial charge is 0.184 e. The molecule has 17 heavy (non-hydrogen) atoms. The quantitative estimate of drug-likeness (QED) is 0.795. The van der Waals surface area contributed by atoms with Gasteiger partial charge in [-0.3, -0.25) is 9.67 Å². The number of rotatable bonds is 4. The van der Waals surface area contributed by atoms with Crippen LogP contribution in [0.1, 0.15) is 5.69 Å². The summed E-state index contributed by atoms with van der Waals surface area (Å²) in [4.78, 5) is 4.29. The summed E-state index contributed by atoms with van der Waals surface area (Å²) in [7, 11) is 3.22. The first kappa shape index (κ1) is 12.2. The fraction of sp³-hybridized carbons (Fsp3) is 0.273. The van der Waals surface area contributed by atoms with Crippen molar-refractivity contribution < 1.29 is 9.47 Å². The van der Waals surface area contributed by atoms with E-state index < -0.39 is 0 Å². The average molecular weight is 345 g/mol. The van der Waals surface area contributed by atoms with Crippen molar-refractivity contribution in [1.82, 2.24) is 14.8 Å². The molecule has 0 radical (unpaired) electrons. The molecule has 0 atom stereocenters. The number of hydrogen-bond donors (Lipinski definition) is 0. The lowest BCUT2D eigenvalue weighted by atomic mass is 10.3. The first-order chi connectivity index (χ1) is 8.24. The maximum atomic E-state index is 5.32. The van der Waals surface area contributed by atoms with Crippen molar-refractivity contribution in [1.29, 1.82) is 0 Å². The van der Waals surface area contributed by atoms with Gasteiger partial charge in [0.25, 0.3) is 0 Å². The molecule has 0 spiro atoms. The Hall–Kier alpha value is -1.31. The summed E-state index contributed by atoms with van der Waals surface area (Å²) in [6, 6.07) is 1.77. The summed E-state index contributed by atoms with van der Waals surface area (Å²) in [6.07, 6.45) is 5.44. The first-order valence-corrected chi connectivity index (χ1v) is 6.06. The number of pyridine rings is 1. The highest BCUT2D eigenvalue weighted by molar-refractivity contribution is 14.1. The Morgan fingerprint density at radius 1 is 1.35 bits per heavy atom. The van der Waals surface area contributed by atoms with Crippen LogP contribution in [-0.4, -0.2) is 29.0 Å². The molecule has 0 unspecified atom stereocenters. The van der Waals surface area contributed by atoms with E-state index in [-0.39, 0.29) is 0 Å². The van der Waals surface area contributed by atoms with E-state index in [4.69, 9.17) is 9.47 Å². The van der Waals surface area contributed by atoms with Gasteiger partial charge in [0.05, 0.1) is 30.5 Å². The number of nitrogens with zero attached hydrogens (tertiary/aromatic N) is 3. The molecule has 0 fully saturated rings. The molecule has 0 N–H and O–H groups in total. The Bertz CT molecular complexity index is 513. The monoisotopic (exact) mass is 345 g/mol. The minimum absolute atomic E-state index is 0.559. The van der Waals surface area contributed by atoms with Crippen molar-refractivity contribution >= 4 is 22.6 Å². The number of methoxy groups -OCH3 is 2. The third kappa shape index (κ3) is 2.68. The molecule has 2 rings (SSSR count). The third-order valence-corrected chi connectivity index (χ3v) is 2.84. The summed E-state index contributed by atoms with van der Waals surface area (Å²) in [6.45, 7) is 0.559. The van der Waals surface area contributed by atoms with E-state index in [0.29, 0.717) is 18.0 Å². The van der Waals surface area contributed by atoms with Gasteiger partial charge in [0.15, 0.2) is 11.5 Å². The zero-order chi connectivity index (χ0) is 12.3. The Labute approximate surface area is 113 Å². The number of ether oxygens (including phenoxy) is 2. The lowest BCUT2D eigenvalue weighted by molar-refractivity contribution is 0.348. The largest absolute Gasteiger partial charge is 0.493 e. The van der Waals surface area contributed by atoms with Crippen molar-refractivity contribution in [3.05, 3.63) is 33.9 Å². The molecule has 0 aliphatic rings. The van der Waals surface area contributed by atoms with Crippen LogP contribution in [-0.2, 0) is 6.54 Å². The lowest BCUT2D eigenvalue weighted by Crippen LogP contribution is -2.05. The maximum absolute atomic E-state index is 5.32. The molecule has 0 saturated carbocycles. The van der Waals surface area contributed by atoms with E-state index in [1.165, 1.54) is 0 Å². The average Bonchev–Trinajstić information content (AvgIpc) is 2.74. The topological polar surface area (TPSA) is 49.2 Å². The molecule has 2 aromatic heterocycles. The molecule has 6 heteroatoms. The van der Waals surface area contributed by atoms with Gasteiger partial charge in [-0.1, -0.05) is 0 Å². The summed E-state index contributed by atoms with van der Waals surface area (Å²) < 4.78 is 13.4. The Morgan fingerprint density at radius 3 is 2.76 bits per heavy atom. The van der Waals surface area contributed by atoms with Gasteiger partial charge in [-0.2, -0.15) is 5.10 Å². The lowest BCUT2D eigenvalue weighted by Gasteiger charge is -2.11. The standard InChI is InChI=1S/C11H12IN3O2/c1-16-10-3-4-13-9(11(10)17-2)7-15-6-8(12)5-14-15/h3-6H,7H2,1-2H3. The highest BCUT2D eigenvalue weighted by Gasteiger charge is 2.11. The van der Waals surface area contributed by atoms with Gasteiger partial charge >= 0.3 is 0 Å². The van der Waals surface area contributed by atoms with Crippen molar-refractivity contribution in [2.75, 3.05) is 14.2 Å². The fourth-order valence-corrected chi connectivity index (χ4v) is 1.99. The van der Waals surface area contributed by atoms with Crippen molar-refractivity contribution in [3.8, 4) is 11.5 Å². The Morgan fingerprint density at radius 2 is 2.18 bits per heavy atom. The second kappa shape index (κ2) is 5.35. The van der Waals surface area contributed by atoms with Gasteiger partial charge in [-0.05, 0) is 22.6 Å². The molecule has 0 saturated heterocycles. The van der Waals surface area contributed by atoms with Crippen LogP contribution in [0.25, 0.3) is 0 Å². The first-order valence-electron chi connectivity index (χ1n) is 4.98. The second-order valence-electron chi connectivity index (χ2n) is 3.35. The van der Waals surface area contributed by atoms with Gasteiger partial charge in [0.1, 0.15) is 5.69 Å². The minimum Gasteiger partial charge on any atom is -0.493 e. The molecule has 90 valence electrons. The molecule has 0 aliphatic carbocycles. The van der Waals surface area contributed by atoms with Gasteiger partial charge < -0.3 is 9.47 Å². The van der Waals surface area contributed by atoms with Crippen LogP contribution in [0.15, 0.2) is 24.7 Å². The highest BCUT2D eigenvalue weighted by atomic mass is 127. The SMILES string of the molecule is COc1ccnc(Cn2cc(I)cn2)c1OC. The molecule has 2 heterocycles. The van der Waals surface area contributed by atoms with Gasteiger partial charge in [-0.15, -0.1) is 0 Å².